The van der Waals surface area contributed by atoms with Crippen LogP contribution in [0.25, 0.3) is 11.5 Å². The van der Waals surface area contributed by atoms with Crippen molar-refractivity contribution in [2.45, 2.75) is 26.2 Å². The van der Waals surface area contributed by atoms with E-state index in [0.717, 1.165) is 25.2 Å². The van der Waals surface area contributed by atoms with E-state index in [1.54, 1.807) is 4.68 Å². The van der Waals surface area contributed by atoms with Gasteiger partial charge in [0.1, 0.15) is 5.69 Å². The first-order valence-electron chi connectivity index (χ1n) is 7.25. The second-order valence-corrected chi connectivity index (χ2v) is 5.67. The van der Waals surface area contributed by atoms with E-state index >= 15 is 0 Å². The lowest BCUT2D eigenvalue weighted by Gasteiger charge is -2.27. The van der Waals surface area contributed by atoms with Gasteiger partial charge in [-0.1, -0.05) is 12.1 Å². The molecule has 6 heteroatoms. The van der Waals surface area contributed by atoms with Crippen LogP contribution in [0.1, 0.15) is 25.7 Å². The van der Waals surface area contributed by atoms with Crippen LogP contribution in [0.3, 0.4) is 0 Å². The lowest BCUT2D eigenvalue weighted by molar-refractivity contribution is 0.257. The van der Waals surface area contributed by atoms with Gasteiger partial charge in [-0.15, -0.1) is 0 Å². The minimum absolute atomic E-state index is 0.555. The Bertz CT molecular complexity index is 555. The first-order chi connectivity index (χ1) is 9.72. The molecule has 3 rings (SSSR count). The molecule has 0 aliphatic carbocycles. The fraction of sp³-hybridized carbons (Fsp3) is 0.643. The summed E-state index contributed by atoms with van der Waals surface area (Å²) in [7, 11) is 1.88. The van der Waals surface area contributed by atoms with E-state index in [4.69, 9.17) is 4.52 Å². The van der Waals surface area contributed by atoms with Gasteiger partial charge in [0.05, 0.1) is 0 Å². The monoisotopic (exact) mass is 275 g/mol. The van der Waals surface area contributed by atoms with Crippen molar-refractivity contribution in [2.75, 3.05) is 13.1 Å². The SMILES string of the molecule is CC(Cc1nc(-c2ccn(C)n2)no1)C1CCCNC1. The molecule has 3 heterocycles. The molecule has 0 spiro atoms. The van der Waals surface area contributed by atoms with Crippen molar-refractivity contribution in [1.82, 2.24) is 25.2 Å². The Hall–Kier alpha value is -1.69. The van der Waals surface area contributed by atoms with E-state index in [2.05, 4.69) is 27.5 Å². The Morgan fingerprint density at radius 3 is 3.15 bits per heavy atom. The van der Waals surface area contributed by atoms with Crippen molar-refractivity contribution in [3.63, 3.8) is 0 Å². The zero-order chi connectivity index (χ0) is 13.9. The van der Waals surface area contributed by atoms with Gasteiger partial charge in [-0.05, 0) is 43.8 Å². The lowest BCUT2D eigenvalue weighted by atomic mass is 9.85. The summed E-state index contributed by atoms with van der Waals surface area (Å²) in [6.07, 6.45) is 5.27. The summed E-state index contributed by atoms with van der Waals surface area (Å²) in [5.41, 5.74) is 0.759. The van der Waals surface area contributed by atoms with Crippen LogP contribution >= 0.6 is 0 Å². The van der Waals surface area contributed by atoms with Gasteiger partial charge in [0.25, 0.3) is 0 Å². The highest BCUT2D eigenvalue weighted by Gasteiger charge is 2.22. The van der Waals surface area contributed by atoms with Crippen LogP contribution in [0, 0.1) is 11.8 Å². The minimum Gasteiger partial charge on any atom is -0.339 e. The molecule has 0 bridgehead atoms. The third-order valence-electron chi connectivity index (χ3n) is 4.05. The van der Waals surface area contributed by atoms with Crippen LogP contribution < -0.4 is 5.32 Å². The highest BCUT2D eigenvalue weighted by molar-refractivity contribution is 5.46. The fourth-order valence-corrected chi connectivity index (χ4v) is 2.78. The van der Waals surface area contributed by atoms with Gasteiger partial charge >= 0.3 is 0 Å². The third kappa shape index (κ3) is 2.90. The number of piperidine rings is 1. The van der Waals surface area contributed by atoms with Crippen LogP contribution in [0.15, 0.2) is 16.8 Å². The molecule has 0 amide bonds. The standard InChI is InChI=1S/C14H21N5O/c1-10(11-4-3-6-15-9-11)8-13-16-14(18-20-13)12-5-7-19(2)17-12/h5,7,10-11,15H,3-4,6,8-9H2,1-2H3. The van der Waals surface area contributed by atoms with Crippen LogP contribution in [0.2, 0.25) is 0 Å². The quantitative estimate of drug-likeness (QED) is 0.918. The summed E-state index contributed by atoms with van der Waals surface area (Å²) in [6.45, 7) is 4.51. The number of aryl methyl sites for hydroxylation is 1. The van der Waals surface area contributed by atoms with Gasteiger partial charge in [-0.2, -0.15) is 10.1 Å². The molecule has 6 nitrogen and oxygen atoms in total. The topological polar surface area (TPSA) is 68.8 Å². The maximum atomic E-state index is 5.36. The average molecular weight is 275 g/mol. The van der Waals surface area contributed by atoms with Crippen molar-refractivity contribution in [3.8, 4) is 11.5 Å². The van der Waals surface area contributed by atoms with Gasteiger partial charge in [0.15, 0.2) is 0 Å². The van der Waals surface area contributed by atoms with Gasteiger partial charge in [0, 0.05) is 19.7 Å². The normalized spacial score (nSPS) is 21.0. The van der Waals surface area contributed by atoms with Gasteiger partial charge in [-0.3, -0.25) is 4.68 Å². The van der Waals surface area contributed by atoms with E-state index in [9.17, 15) is 0 Å². The van der Waals surface area contributed by atoms with E-state index in [1.165, 1.54) is 12.8 Å². The van der Waals surface area contributed by atoms with Crippen LogP contribution in [0.4, 0.5) is 0 Å². The maximum absolute atomic E-state index is 5.36. The highest BCUT2D eigenvalue weighted by atomic mass is 16.5. The molecule has 1 fully saturated rings. The summed E-state index contributed by atoms with van der Waals surface area (Å²) in [5, 5.41) is 11.8. The van der Waals surface area contributed by atoms with Crippen LogP contribution in [-0.4, -0.2) is 33.0 Å². The first kappa shape index (κ1) is 13.3. The molecule has 2 aromatic heterocycles. The molecule has 0 saturated carbocycles. The molecular weight excluding hydrogens is 254 g/mol. The van der Waals surface area contributed by atoms with Gasteiger partial charge in [0.2, 0.25) is 11.7 Å². The Labute approximate surface area is 118 Å². The van der Waals surface area contributed by atoms with Crippen molar-refractivity contribution >= 4 is 0 Å². The summed E-state index contributed by atoms with van der Waals surface area (Å²) in [6, 6.07) is 1.89. The third-order valence-corrected chi connectivity index (χ3v) is 4.05. The fourth-order valence-electron chi connectivity index (χ4n) is 2.78. The molecule has 0 radical (unpaired) electrons. The Morgan fingerprint density at radius 2 is 2.45 bits per heavy atom. The predicted molar refractivity (Wildman–Crippen MR) is 75.0 cm³/mol. The van der Waals surface area contributed by atoms with Gasteiger partial charge in [-0.25, -0.2) is 0 Å². The molecule has 1 aliphatic rings. The van der Waals surface area contributed by atoms with Crippen LogP contribution in [-0.2, 0) is 13.5 Å². The predicted octanol–water partition coefficient (Wildman–Crippen LogP) is 1.65. The van der Waals surface area contributed by atoms with Crippen molar-refractivity contribution < 1.29 is 4.52 Å². The summed E-state index contributed by atoms with van der Waals surface area (Å²) in [4.78, 5) is 4.45. The van der Waals surface area contributed by atoms with Gasteiger partial charge < -0.3 is 9.84 Å². The summed E-state index contributed by atoms with van der Waals surface area (Å²) >= 11 is 0. The number of nitrogens with one attached hydrogen (secondary N) is 1. The Kier molecular flexibility index (Phi) is 3.82. The molecule has 108 valence electrons. The molecule has 2 unspecified atom stereocenters. The number of nitrogens with zero attached hydrogens (tertiary/aromatic N) is 4. The van der Waals surface area contributed by atoms with E-state index < -0.39 is 0 Å². The second kappa shape index (κ2) is 5.75. The van der Waals surface area contributed by atoms with Crippen molar-refractivity contribution in [2.24, 2.45) is 18.9 Å². The molecule has 0 aromatic carbocycles. The number of hydrogen-bond acceptors (Lipinski definition) is 5. The highest BCUT2D eigenvalue weighted by Crippen LogP contribution is 2.23. The smallest absolute Gasteiger partial charge is 0.227 e. The first-order valence-corrected chi connectivity index (χ1v) is 7.25. The van der Waals surface area contributed by atoms with E-state index in [1.807, 2.05) is 19.3 Å². The molecule has 2 aromatic rings. The Balaban J connectivity index is 1.64. The molecule has 2 atom stereocenters. The molecule has 1 N–H and O–H groups in total. The Morgan fingerprint density at radius 1 is 1.55 bits per heavy atom. The van der Waals surface area contributed by atoms with Crippen molar-refractivity contribution in [3.05, 3.63) is 18.2 Å². The van der Waals surface area contributed by atoms with Crippen LogP contribution in [0.5, 0.6) is 0 Å². The average Bonchev–Trinajstić information content (AvgIpc) is 3.09. The molecular formula is C14H21N5O. The summed E-state index contributed by atoms with van der Waals surface area (Å²) in [5.74, 6) is 2.55. The number of aromatic nitrogens is 4. The molecule has 1 aliphatic heterocycles. The minimum atomic E-state index is 0.555. The molecule has 20 heavy (non-hydrogen) atoms. The summed E-state index contributed by atoms with van der Waals surface area (Å²) < 4.78 is 7.10. The lowest BCUT2D eigenvalue weighted by Crippen LogP contribution is -2.33. The van der Waals surface area contributed by atoms with E-state index in [-0.39, 0.29) is 0 Å². The number of hydrogen-bond donors (Lipinski definition) is 1. The number of rotatable bonds is 4. The maximum Gasteiger partial charge on any atom is 0.227 e. The second-order valence-electron chi connectivity index (χ2n) is 5.67. The largest absolute Gasteiger partial charge is 0.339 e. The van der Waals surface area contributed by atoms with Crippen molar-refractivity contribution in [1.29, 1.82) is 0 Å². The zero-order valence-corrected chi connectivity index (χ0v) is 12.0. The van der Waals surface area contributed by atoms with E-state index in [0.29, 0.717) is 23.6 Å². The molecule has 1 saturated heterocycles. The zero-order valence-electron chi connectivity index (χ0n) is 12.0.